The molecule has 1 aliphatic rings. The Kier molecular flexibility index (Phi) is 4.25. The molecule has 1 N–H and O–H groups in total. The van der Waals surface area contributed by atoms with Gasteiger partial charge in [0.15, 0.2) is 0 Å². The van der Waals surface area contributed by atoms with Gasteiger partial charge in [0.05, 0.1) is 5.41 Å². The van der Waals surface area contributed by atoms with E-state index in [0.717, 1.165) is 32.4 Å². The van der Waals surface area contributed by atoms with E-state index in [1.54, 1.807) is 0 Å². The van der Waals surface area contributed by atoms with Crippen molar-refractivity contribution in [1.29, 1.82) is 0 Å². The molecule has 0 aliphatic carbocycles. The topological polar surface area (TPSA) is 40.5 Å². The minimum atomic E-state index is -0.665. The molecule has 0 spiro atoms. The van der Waals surface area contributed by atoms with Crippen LogP contribution in [0.5, 0.6) is 0 Å². The Morgan fingerprint density at radius 1 is 1.32 bits per heavy atom. The Balaban J connectivity index is 1.85. The van der Waals surface area contributed by atoms with Crippen molar-refractivity contribution in [2.24, 2.45) is 5.41 Å². The molecule has 104 valence electrons. The van der Waals surface area contributed by atoms with Crippen molar-refractivity contribution in [3.05, 3.63) is 35.4 Å². The molecule has 1 aromatic rings. The summed E-state index contributed by atoms with van der Waals surface area (Å²) in [6.07, 6.45) is 2.83. The summed E-state index contributed by atoms with van der Waals surface area (Å²) in [6.45, 7) is 6.54. The summed E-state index contributed by atoms with van der Waals surface area (Å²) in [5, 5.41) is 9.21. The molecule has 1 aromatic carbocycles. The average molecular weight is 261 g/mol. The molecule has 1 aliphatic heterocycles. The van der Waals surface area contributed by atoms with Crippen molar-refractivity contribution < 1.29 is 9.90 Å². The van der Waals surface area contributed by atoms with E-state index < -0.39 is 11.4 Å². The number of hydrogen-bond acceptors (Lipinski definition) is 2. The molecule has 19 heavy (non-hydrogen) atoms. The molecule has 0 saturated carbocycles. The summed E-state index contributed by atoms with van der Waals surface area (Å²) >= 11 is 0. The Morgan fingerprint density at radius 2 is 1.95 bits per heavy atom. The molecule has 1 heterocycles. The molecule has 3 nitrogen and oxygen atoms in total. The van der Waals surface area contributed by atoms with Gasteiger partial charge in [0.25, 0.3) is 0 Å². The quantitative estimate of drug-likeness (QED) is 0.885. The maximum absolute atomic E-state index is 11.2. The van der Waals surface area contributed by atoms with Gasteiger partial charge in [-0.25, -0.2) is 0 Å². The van der Waals surface area contributed by atoms with E-state index in [4.69, 9.17) is 0 Å². The third kappa shape index (κ3) is 3.35. The van der Waals surface area contributed by atoms with Crippen LogP contribution in [0.1, 0.15) is 31.4 Å². The van der Waals surface area contributed by atoms with Crippen molar-refractivity contribution >= 4 is 5.97 Å². The number of rotatable bonds is 5. The van der Waals surface area contributed by atoms with Crippen molar-refractivity contribution in [2.75, 3.05) is 19.6 Å². The molecular formula is C16H23NO2. The molecule has 0 radical (unpaired) electrons. The molecular weight excluding hydrogens is 238 g/mol. The van der Waals surface area contributed by atoms with Gasteiger partial charge in [0, 0.05) is 13.1 Å². The monoisotopic (exact) mass is 261 g/mol. The Labute approximate surface area is 115 Å². The Hall–Kier alpha value is -1.35. The molecule has 1 fully saturated rings. The van der Waals surface area contributed by atoms with Crippen molar-refractivity contribution in [3.8, 4) is 0 Å². The van der Waals surface area contributed by atoms with Crippen LogP contribution in [0.4, 0.5) is 0 Å². The summed E-state index contributed by atoms with van der Waals surface area (Å²) in [6, 6.07) is 8.73. The highest BCUT2D eigenvalue weighted by atomic mass is 16.4. The predicted octanol–water partition coefficient (Wildman–Crippen LogP) is 2.59. The van der Waals surface area contributed by atoms with Crippen LogP contribution < -0.4 is 0 Å². The fraction of sp³-hybridized carbons (Fsp3) is 0.562. The van der Waals surface area contributed by atoms with Gasteiger partial charge < -0.3 is 10.0 Å². The van der Waals surface area contributed by atoms with Gasteiger partial charge in [-0.15, -0.1) is 0 Å². The van der Waals surface area contributed by atoms with Crippen LogP contribution in [0.15, 0.2) is 24.3 Å². The Morgan fingerprint density at radius 3 is 2.47 bits per heavy atom. The summed E-state index contributed by atoms with van der Waals surface area (Å²) in [7, 11) is 0. The minimum absolute atomic E-state index is 0.550. The van der Waals surface area contributed by atoms with Gasteiger partial charge in [-0.2, -0.15) is 0 Å². The summed E-state index contributed by atoms with van der Waals surface area (Å²) in [5.74, 6) is -0.665. The first kappa shape index (κ1) is 14.1. The number of aryl methyl sites for hydroxylation is 1. The van der Waals surface area contributed by atoms with Gasteiger partial charge in [-0.05, 0) is 43.9 Å². The smallest absolute Gasteiger partial charge is 0.310 e. The summed E-state index contributed by atoms with van der Waals surface area (Å²) < 4.78 is 0. The van der Waals surface area contributed by atoms with Gasteiger partial charge in [-0.1, -0.05) is 31.2 Å². The van der Waals surface area contributed by atoms with Crippen LogP contribution >= 0.6 is 0 Å². The van der Waals surface area contributed by atoms with E-state index in [0.29, 0.717) is 6.54 Å². The SMILES string of the molecule is CCc1ccc(CCN2CCC(C)(C(=O)O)C2)cc1. The second-order valence-electron chi connectivity index (χ2n) is 5.81. The number of aliphatic carboxylic acids is 1. The number of hydrogen-bond donors (Lipinski definition) is 1. The second-order valence-corrected chi connectivity index (χ2v) is 5.81. The molecule has 0 aromatic heterocycles. The van der Waals surface area contributed by atoms with Crippen LogP contribution in [-0.4, -0.2) is 35.6 Å². The van der Waals surface area contributed by atoms with Crippen molar-refractivity contribution in [1.82, 2.24) is 4.90 Å². The molecule has 3 heteroatoms. The zero-order valence-electron chi connectivity index (χ0n) is 11.9. The highest BCUT2D eigenvalue weighted by Gasteiger charge is 2.39. The predicted molar refractivity (Wildman–Crippen MR) is 76.3 cm³/mol. The van der Waals surface area contributed by atoms with Gasteiger partial charge in [0.1, 0.15) is 0 Å². The molecule has 1 unspecified atom stereocenters. The fourth-order valence-electron chi connectivity index (χ4n) is 2.65. The largest absolute Gasteiger partial charge is 0.481 e. The molecule has 0 amide bonds. The summed E-state index contributed by atoms with van der Waals surface area (Å²) in [5.41, 5.74) is 2.15. The van der Waals surface area contributed by atoms with E-state index in [-0.39, 0.29) is 0 Å². The lowest BCUT2D eigenvalue weighted by atomic mass is 9.90. The van der Waals surface area contributed by atoms with E-state index in [1.165, 1.54) is 11.1 Å². The molecule has 2 rings (SSSR count). The second kappa shape index (κ2) is 5.74. The zero-order valence-corrected chi connectivity index (χ0v) is 11.9. The van der Waals surface area contributed by atoms with Gasteiger partial charge in [0.2, 0.25) is 0 Å². The van der Waals surface area contributed by atoms with Gasteiger partial charge in [-0.3, -0.25) is 4.79 Å². The lowest BCUT2D eigenvalue weighted by molar-refractivity contribution is -0.147. The third-order valence-electron chi connectivity index (χ3n) is 4.22. The van der Waals surface area contributed by atoms with Gasteiger partial charge >= 0.3 is 5.97 Å². The van der Waals surface area contributed by atoms with E-state index in [1.807, 2.05) is 6.92 Å². The lowest BCUT2D eigenvalue weighted by Crippen LogP contribution is -2.32. The third-order valence-corrected chi connectivity index (χ3v) is 4.22. The average Bonchev–Trinajstić information content (AvgIpc) is 2.80. The first-order chi connectivity index (χ1) is 9.03. The fourth-order valence-corrected chi connectivity index (χ4v) is 2.65. The maximum atomic E-state index is 11.2. The van der Waals surface area contributed by atoms with Crippen LogP contribution in [0.2, 0.25) is 0 Å². The normalized spacial score (nSPS) is 23.7. The highest BCUT2D eigenvalue weighted by molar-refractivity contribution is 5.74. The number of nitrogens with zero attached hydrogens (tertiary/aromatic N) is 1. The lowest BCUT2D eigenvalue weighted by Gasteiger charge is -2.20. The molecule has 0 bridgehead atoms. The zero-order chi connectivity index (χ0) is 13.9. The standard InChI is InChI=1S/C16H23NO2/c1-3-13-4-6-14(7-5-13)8-10-17-11-9-16(2,12-17)15(18)19/h4-7H,3,8-12H2,1-2H3,(H,18,19). The van der Waals surface area contributed by atoms with Crippen LogP contribution in [0.3, 0.4) is 0 Å². The number of likely N-dealkylation sites (tertiary alicyclic amines) is 1. The minimum Gasteiger partial charge on any atom is -0.481 e. The highest BCUT2D eigenvalue weighted by Crippen LogP contribution is 2.30. The van der Waals surface area contributed by atoms with E-state index in [2.05, 4.69) is 36.1 Å². The van der Waals surface area contributed by atoms with Crippen LogP contribution in [0.25, 0.3) is 0 Å². The molecule has 1 saturated heterocycles. The van der Waals surface area contributed by atoms with E-state index in [9.17, 15) is 9.90 Å². The number of carboxylic acid groups (broad SMARTS) is 1. The molecule has 1 atom stereocenters. The van der Waals surface area contributed by atoms with Crippen molar-refractivity contribution in [2.45, 2.75) is 33.1 Å². The number of benzene rings is 1. The Bertz CT molecular complexity index is 441. The first-order valence-corrected chi connectivity index (χ1v) is 7.07. The number of carbonyl (C=O) groups is 1. The van der Waals surface area contributed by atoms with Crippen molar-refractivity contribution in [3.63, 3.8) is 0 Å². The van der Waals surface area contributed by atoms with Crippen LogP contribution in [0, 0.1) is 5.41 Å². The first-order valence-electron chi connectivity index (χ1n) is 7.07. The maximum Gasteiger partial charge on any atom is 0.310 e. The number of carboxylic acids is 1. The van der Waals surface area contributed by atoms with Crippen LogP contribution in [-0.2, 0) is 17.6 Å². The van der Waals surface area contributed by atoms with E-state index >= 15 is 0 Å². The summed E-state index contributed by atoms with van der Waals surface area (Å²) in [4.78, 5) is 13.5.